The van der Waals surface area contributed by atoms with Gasteiger partial charge in [0.05, 0.1) is 6.33 Å². The second-order valence-electron chi connectivity index (χ2n) is 2.99. The number of anilines is 2. The highest BCUT2D eigenvalue weighted by Gasteiger charge is 2.03. The standard InChI is InChI=1S/C8H13N5O2/c9-5(14)2-1-3-11-7-6(10)8(15)13-4-12-7/h4H,1-3,10H2,(H2,9,14)(H2,11,12,13,15). The molecule has 15 heavy (non-hydrogen) atoms. The molecule has 6 N–H and O–H groups in total. The molecule has 0 radical (unpaired) electrons. The minimum Gasteiger partial charge on any atom is -0.391 e. The van der Waals surface area contributed by atoms with Crippen molar-refractivity contribution in [3.05, 3.63) is 16.7 Å². The highest BCUT2D eigenvalue weighted by atomic mass is 16.1. The summed E-state index contributed by atoms with van der Waals surface area (Å²) in [6, 6.07) is 0. The van der Waals surface area contributed by atoms with Crippen LogP contribution in [0.15, 0.2) is 11.1 Å². The second-order valence-corrected chi connectivity index (χ2v) is 2.99. The number of H-pyrrole nitrogens is 1. The SMILES string of the molecule is NC(=O)CCCNc1nc[nH]c(=O)c1N. The van der Waals surface area contributed by atoms with E-state index in [1.165, 1.54) is 6.33 Å². The highest BCUT2D eigenvalue weighted by molar-refractivity contribution is 5.73. The lowest BCUT2D eigenvalue weighted by molar-refractivity contribution is -0.118. The lowest BCUT2D eigenvalue weighted by Crippen LogP contribution is -2.17. The van der Waals surface area contributed by atoms with Gasteiger partial charge in [-0.25, -0.2) is 4.98 Å². The van der Waals surface area contributed by atoms with Crippen LogP contribution in [0.2, 0.25) is 0 Å². The first-order valence-corrected chi connectivity index (χ1v) is 4.46. The molecule has 0 fully saturated rings. The third-order valence-electron chi connectivity index (χ3n) is 1.78. The maximum Gasteiger partial charge on any atom is 0.276 e. The van der Waals surface area contributed by atoms with Crippen molar-refractivity contribution in [2.45, 2.75) is 12.8 Å². The van der Waals surface area contributed by atoms with Gasteiger partial charge in [0.2, 0.25) is 5.91 Å². The second kappa shape index (κ2) is 4.99. The van der Waals surface area contributed by atoms with Crippen LogP contribution >= 0.6 is 0 Å². The van der Waals surface area contributed by atoms with Crippen LogP contribution < -0.4 is 22.3 Å². The Morgan fingerprint density at radius 2 is 2.33 bits per heavy atom. The molecule has 82 valence electrons. The number of carbonyl (C=O) groups is 1. The van der Waals surface area contributed by atoms with Gasteiger partial charge in [-0.3, -0.25) is 9.59 Å². The van der Waals surface area contributed by atoms with Gasteiger partial charge in [0.25, 0.3) is 5.56 Å². The Balaban J connectivity index is 2.48. The van der Waals surface area contributed by atoms with E-state index >= 15 is 0 Å². The Kier molecular flexibility index (Phi) is 3.67. The third kappa shape index (κ3) is 3.29. The van der Waals surface area contributed by atoms with Crippen LogP contribution in [0.25, 0.3) is 0 Å². The number of carbonyl (C=O) groups excluding carboxylic acids is 1. The summed E-state index contributed by atoms with van der Waals surface area (Å²) in [7, 11) is 0. The predicted octanol–water partition coefficient (Wildman–Crippen LogP) is -0.970. The topological polar surface area (TPSA) is 127 Å². The molecule has 7 heteroatoms. The fraction of sp³-hybridized carbons (Fsp3) is 0.375. The third-order valence-corrected chi connectivity index (χ3v) is 1.78. The van der Waals surface area contributed by atoms with Crippen molar-refractivity contribution in [1.82, 2.24) is 9.97 Å². The van der Waals surface area contributed by atoms with Crippen molar-refractivity contribution in [2.24, 2.45) is 5.73 Å². The fourth-order valence-corrected chi connectivity index (χ4v) is 1.02. The van der Waals surface area contributed by atoms with Gasteiger partial charge in [0.15, 0.2) is 5.82 Å². The minimum atomic E-state index is -0.387. The number of nitrogen functional groups attached to an aromatic ring is 1. The molecule has 1 aromatic rings. The zero-order chi connectivity index (χ0) is 11.3. The lowest BCUT2D eigenvalue weighted by atomic mass is 10.3. The summed E-state index contributed by atoms with van der Waals surface area (Å²) in [5.74, 6) is -0.0353. The summed E-state index contributed by atoms with van der Waals surface area (Å²) in [5, 5.41) is 2.85. The van der Waals surface area contributed by atoms with Crippen molar-refractivity contribution in [3.8, 4) is 0 Å². The molecule has 0 aromatic carbocycles. The van der Waals surface area contributed by atoms with Gasteiger partial charge < -0.3 is 21.8 Å². The zero-order valence-corrected chi connectivity index (χ0v) is 8.12. The lowest BCUT2D eigenvalue weighted by Gasteiger charge is -2.05. The molecule has 1 aromatic heterocycles. The first-order chi connectivity index (χ1) is 7.11. The van der Waals surface area contributed by atoms with Crippen LogP contribution in [0.5, 0.6) is 0 Å². The molecule has 0 spiro atoms. The zero-order valence-electron chi connectivity index (χ0n) is 8.12. The monoisotopic (exact) mass is 211 g/mol. The summed E-state index contributed by atoms with van der Waals surface area (Å²) in [6.07, 6.45) is 2.12. The van der Waals surface area contributed by atoms with Gasteiger partial charge in [-0.05, 0) is 6.42 Å². The van der Waals surface area contributed by atoms with E-state index in [1.54, 1.807) is 0 Å². The van der Waals surface area contributed by atoms with Gasteiger partial charge in [0.1, 0.15) is 5.69 Å². The van der Waals surface area contributed by atoms with Gasteiger partial charge in [0, 0.05) is 13.0 Å². The molecule has 0 saturated carbocycles. The number of aromatic amines is 1. The molecule has 0 aliphatic rings. The van der Waals surface area contributed by atoms with Crippen molar-refractivity contribution in [1.29, 1.82) is 0 Å². The van der Waals surface area contributed by atoms with Gasteiger partial charge >= 0.3 is 0 Å². The molecule has 0 atom stereocenters. The van der Waals surface area contributed by atoms with E-state index in [2.05, 4.69) is 15.3 Å². The van der Waals surface area contributed by atoms with E-state index in [4.69, 9.17) is 11.5 Å². The van der Waals surface area contributed by atoms with Crippen molar-refractivity contribution in [3.63, 3.8) is 0 Å². The molecule has 7 nitrogen and oxygen atoms in total. The summed E-state index contributed by atoms with van der Waals surface area (Å²) >= 11 is 0. The summed E-state index contributed by atoms with van der Waals surface area (Å²) < 4.78 is 0. The fourth-order valence-electron chi connectivity index (χ4n) is 1.02. The number of hydrogen-bond acceptors (Lipinski definition) is 5. The van der Waals surface area contributed by atoms with Crippen LogP contribution in [-0.4, -0.2) is 22.4 Å². The first-order valence-electron chi connectivity index (χ1n) is 4.46. The number of nitrogens with two attached hydrogens (primary N) is 2. The van der Waals surface area contributed by atoms with Gasteiger partial charge in [-0.2, -0.15) is 0 Å². The van der Waals surface area contributed by atoms with Crippen LogP contribution in [0, 0.1) is 0 Å². The normalized spacial score (nSPS) is 9.87. The summed E-state index contributed by atoms with van der Waals surface area (Å²) in [6.45, 7) is 0.490. The van der Waals surface area contributed by atoms with Gasteiger partial charge in [-0.1, -0.05) is 0 Å². The van der Waals surface area contributed by atoms with Crippen molar-refractivity contribution < 1.29 is 4.79 Å². The maximum absolute atomic E-state index is 11.0. The van der Waals surface area contributed by atoms with Crippen molar-refractivity contribution in [2.75, 3.05) is 17.6 Å². The van der Waals surface area contributed by atoms with Crippen molar-refractivity contribution >= 4 is 17.4 Å². The quantitative estimate of drug-likeness (QED) is 0.466. The molecule has 1 heterocycles. The number of nitrogens with one attached hydrogen (secondary N) is 2. The molecule has 1 rings (SSSR count). The number of hydrogen-bond donors (Lipinski definition) is 4. The number of rotatable bonds is 5. The number of amides is 1. The smallest absolute Gasteiger partial charge is 0.276 e. The van der Waals surface area contributed by atoms with Crippen LogP contribution in [0.3, 0.4) is 0 Å². The van der Waals surface area contributed by atoms with Gasteiger partial charge in [-0.15, -0.1) is 0 Å². The summed E-state index contributed by atoms with van der Waals surface area (Å²) in [4.78, 5) is 27.7. The maximum atomic E-state index is 11.0. The molecule has 1 amide bonds. The Hall–Kier alpha value is -2.05. The minimum absolute atomic E-state index is 0.0385. The molecule has 0 unspecified atom stereocenters. The van der Waals surface area contributed by atoms with E-state index in [0.29, 0.717) is 18.8 Å². The Bertz CT molecular complexity index is 400. The Labute approximate surface area is 85.9 Å². The molecule has 0 bridgehead atoms. The Morgan fingerprint density at radius 1 is 1.60 bits per heavy atom. The average Bonchev–Trinajstić information content (AvgIpc) is 2.18. The average molecular weight is 211 g/mol. The van der Waals surface area contributed by atoms with E-state index in [0.717, 1.165) is 0 Å². The molecular formula is C8H13N5O2. The number of primary amides is 1. The van der Waals surface area contributed by atoms with Crippen LogP contribution in [-0.2, 0) is 4.79 Å². The van der Waals surface area contributed by atoms with E-state index in [9.17, 15) is 9.59 Å². The van der Waals surface area contributed by atoms with E-state index in [1.807, 2.05) is 0 Å². The predicted molar refractivity (Wildman–Crippen MR) is 56.2 cm³/mol. The molecular weight excluding hydrogens is 198 g/mol. The highest BCUT2D eigenvalue weighted by Crippen LogP contribution is 2.06. The van der Waals surface area contributed by atoms with E-state index < -0.39 is 0 Å². The number of nitrogens with zero attached hydrogens (tertiary/aromatic N) is 1. The van der Waals surface area contributed by atoms with Crippen LogP contribution in [0.1, 0.15) is 12.8 Å². The first kappa shape index (κ1) is 11.0. The molecule has 0 aliphatic carbocycles. The summed E-state index contributed by atoms with van der Waals surface area (Å²) in [5.41, 5.74) is 10.1. The van der Waals surface area contributed by atoms with E-state index in [-0.39, 0.29) is 23.6 Å². The van der Waals surface area contributed by atoms with Crippen LogP contribution in [0.4, 0.5) is 11.5 Å². The number of aromatic nitrogens is 2. The Morgan fingerprint density at radius 3 is 3.00 bits per heavy atom. The molecule has 0 saturated heterocycles. The largest absolute Gasteiger partial charge is 0.391 e. The molecule has 0 aliphatic heterocycles.